The van der Waals surface area contributed by atoms with E-state index in [9.17, 15) is 14.9 Å². The van der Waals surface area contributed by atoms with Crippen LogP contribution in [-0.2, 0) is 5.54 Å². The number of rotatable bonds is 4. The number of methoxy groups -OCH3 is 1. The maximum Gasteiger partial charge on any atom is 0.270 e. The minimum Gasteiger partial charge on any atom is -0.497 e. The highest BCUT2D eigenvalue weighted by molar-refractivity contribution is 7.68. The second-order valence-electron chi connectivity index (χ2n) is 9.47. The van der Waals surface area contributed by atoms with E-state index in [1.165, 1.54) is 12.1 Å². The Balaban J connectivity index is 1.75. The van der Waals surface area contributed by atoms with Gasteiger partial charge in [0, 0.05) is 34.9 Å². The van der Waals surface area contributed by atoms with Crippen LogP contribution in [0.1, 0.15) is 40.2 Å². The molecule has 0 atom stereocenters. The number of hydrogen-bond acceptors (Lipinski definition) is 7. The lowest BCUT2D eigenvalue weighted by Gasteiger charge is -2.44. The monoisotopic (exact) mass is 531 g/mol. The second kappa shape index (κ2) is 9.24. The zero-order valence-electron chi connectivity index (χ0n) is 21.1. The van der Waals surface area contributed by atoms with Gasteiger partial charge in [0.15, 0.2) is 0 Å². The molecular weight excluding hydrogens is 506 g/mol. The number of benzene rings is 3. The molecule has 1 aliphatic heterocycles. The van der Waals surface area contributed by atoms with Gasteiger partial charge in [0.1, 0.15) is 10.4 Å². The van der Waals surface area contributed by atoms with E-state index in [1.807, 2.05) is 52.0 Å². The van der Waals surface area contributed by atoms with Crippen LogP contribution in [0.3, 0.4) is 0 Å². The first-order valence-corrected chi connectivity index (χ1v) is 13.8. The molecule has 5 rings (SSSR count). The second-order valence-corrected chi connectivity index (χ2v) is 11.6. The number of fused-ring (bicyclic) bond motifs is 3. The predicted molar refractivity (Wildman–Crippen MR) is 148 cm³/mol. The van der Waals surface area contributed by atoms with E-state index >= 15 is 0 Å². The summed E-state index contributed by atoms with van der Waals surface area (Å²) < 4.78 is 6.24. The Hall–Kier alpha value is -3.82. The summed E-state index contributed by atoms with van der Waals surface area (Å²) in [7, 11) is 4.81. The van der Waals surface area contributed by atoms with Crippen molar-refractivity contribution in [3.05, 3.63) is 97.0 Å². The Morgan fingerprint density at radius 2 is 1.81 bits per heavy atom. The lowest BCUT2D eigenvalue weighted by molar-refractivity contribution is -0.384. The number of carbonyl (C=O) groups is 1. The van der Waals surface area contributed by atoms with Crippen LogP contribution in [-0.4, -0.2) is 17.9 Å². The quantitative estimate of drug-likeness (QED) is 0.159. The Morgan fingerprint density at radius 1 is 1.05 bits per heavy atom. The van der Waals surface area contributed by atoms with Crippen LogP contribution < -0.4 is 14.3 Å². The molecule has 188 valence electrons. The van der Waals surface area contributed by atoms with Crippen LogP contribution in [0.25, 0.3) is 11.1 Å². The summed E-state index contributed by atoms with van der Waals surface area (Å²) >= 11 is 0. The largest absolute Gasteiger partial charge is 0.497 e. The number of hydrogen-bond donors (Lipinski definition) is 0. The van der Waals surface area contributed by atoms with Crippen LogP contribution >= 0.6 is 20.7 Å². The number of nitro benzene ring substituents is 1. The molecule has 0 spiro atoms. The van der Waals surface area contributed by atoms with Crippen LogP contribution in [0.2, 0.25) is 0 Å². The molecule has 3 aromatic carbocycles. The fourth-order valence-electron chi connectivity index (χ4n) is 4.84. The zero-order chi connectivity index (χ0) is 26.5. The van der Waals surface area contributed by atoms with Crippen LogP contribution in [0.4, 0.5) is 17.1 Å². The third kappa shape index (κ3) is 4.24. The first kappa shape index (κ1) is 24.9. The smallest absolute Gasteiger partial charge is 0.270 e. The highest BCUT2D eigenvalue weighted by atomic mass is 32.9. The summed E-state index contributed by atoms with van der Waals surface area (Å²) in [4.78, 5) is 32.7. The standard InChI is InChI=1S/C28H25N3O4S2/c1-16-12-17(2)24-22(13-16)23-25(36-37-26(23)29-19-9-7-11-21(15-19)35-5)28(3,4)30(24)27(32)18-8-6-10-20(14-18)31(33)34/h6-15H,1-5H3. The zero-order valence-corrected chi connectivity index (χ0v) is 22.7. The van der Waals surface area contributed by atoms with Gasteiger partial charge in [0.2, 0.25) is 0 Å². The van der Waals surface area contributed by atoms with E-state index in [0.29, 0.717) is 0 Å². The summed E-state index contributed by atoms with van der Waals surface area (Å²) in [5.41, 5.74) is 5.02. The van der Waals surface area contributed by atoms with Gasteiger partial charge in [-0.2, -0.15) is 0 Å². The van der Waals surface area contributed by atoms with Crippen molar-refractivity contribution in [1.82, 2.24) is 0 Å². The number of nitrogens with zero attached hydrogens (tertiary/aromatic N) is 3. The maximum absolute atomic E-state index is 14.0. The molecule has 7 nitrogen and oxygen atoms in total. The molecular formula is C28H25N3O4S2. The number of nitro groups is 1. The summed E-state index contributed by atoms with van der Waals surface area (Å²) in [5.74, 6) is 0.453. The number of amides is 1. The van der Waals surface area contributed by atoms with E-state index in [0.717, 1.165) is 48.9 Å². The van der Waals surface area contributed by atoms with Gasteiger partial charge in [-0.1, -0.05) is 44.4 Å². The van der Waals surface area contributed by atoms with Crippen LogP contribution in [0, 0.1) is 24.0 Å². The van der Waals surface area contributed by atoms with Crippen molar-refractivity contribution >= 4 is 43.7 Å². The number of carbonyl (C=O) groups excluding carboxylic acids is 1. The lowest BCUT2D eigenvalue weighted by Crippen LogP contribution is -2.48. The molecule has 4 aromatic rings. The van der Waals surface area contributed by atoms with Crippen molar-refractivity contribution in [2.75, 3.05) is 12.0 Å². The third-order valence-electron chi connectivity index (χ3n) is 6.49. The van der Waals surface area contributed by atoms with E-state index in [4.69, 9.17) is 9.73 Å². The fourth-order valence-corrected chi connectivity index (χ4v) is 7.80. The Bertz CT molecular complexity index is 1630. The van der Waals surface area contributed by atoms with Gasteiger partial charge in [-0.05, 0) is 57.5 Å². The highest BCUT2D eigenvalue weighted by Gasteiger charge is 2.44. The van der Waals surface area contributed by atoms with Gasteiger partial charge in [-0.25, -0.2) is 4.99 Å². The van der Waals surface area contributed by atoms with Crippen molar-refractivity contribution in [1.29, 1.82) is 0 Å². The highest BCUT2D eigenvalue weighted by Crippen LogP contribution is 2.51. The van der Waals surface area contributed by atoms with Gasteiger partial charge in [0.05, 0.1) is 33.8 Å². The average molecular weight is 532 g/mol. The SMILES string of the molecule is COc1cccc(N=c2ssc3c2-c2cc(C)cc(C)c2N(C(=O)c2cccc([N+](=O)[O-])c2)C3(C)C)c1. The molecule has 0 fully saturated rings. The van der Waals surface area contributed by atoms with E-state index in [2.05, 4.69) is 12.1 Å². The molecule has 0 saturated heterocycles. The Morgan fingerprint density at radius 3 is 2.54 bits per heavy atom. The molecule has 0 unspecified atom stereocenters. The van der Waals surface area contributed by atoms with Crippen LogP contribution in [0.15, 0.2) is 65.7 Å². The van der Waals surface area contributed by atoms with Crippen molar-refractivity contribution in [2.24, 2.45) is 4.99 Å². The van der Waals surface area contributed by atoms with Crippen molar-refractivity contribution in [3.8, 4) is 16.9 Å². The average Bonchev–Trinajstić information content (AvgIpc) is 3.29. The van der Waals surface area contributed by atoms with Gasteiger partial charge in [-0.3, -0.25) is 19.8 Å². The molecule has 2 heterocycles. The molecule has 1 amide bonds. The minimum absolute atomic E-state index is 0.111. The van der Waals surface area contributed by atoms with Gasteiger partial charge < -0.3 is 4.74 Å². The predicted octanol–water partition coefficient (Wildman–Crippen LogP) is 7.14. The fraction of sp³-hybridized carbons (Fsp3) is 0.214. The molecule has 37 heavy (non-hydrogen) atoms. The Labute approximate surface area is 221 Å². The van der Waals surface area contributed by atoms with Crippen molar-refractivity contribution in [3.63, 3.8) is 0 Å². The topological polar surface area (TPSA) is 85.0 Å². The van der Waals surface area contributed by atoms with Crippen molar-refractivity contribution < 1.29 is 14.5 Å². The summed E-state index contributed by atoms with van der Waals surface area (Å²) in [6.45, 7) is 8.06. The number of aryl methyl sites for hydroxylation is 2. The van der Waals surface area contributed by atoms with Gasteiger partial charge in [0.25, 0.3) is 11.6 Å². The molecule has 9 heteroatoms. The van der Waals surface area contributed by atoms with E-state index in [-0.39, 0.29) is 17.2 Å². The molecule has 0 N–H and O–H groups in total. The maximum atomic E-state index is 14.0. The van der Waals surface area contributed by atoms with E-state index in [1.54, 1.807) is 44.8 Å². The van der Waals surface area contributed by atoms with Gasteiger partial charge in [-0.15, -0.1) is 0 Å². The molecule has 0 saturated carbocycles. The normalized spacial score (nSPS) is 14.2. The number of ether oxygens (including phenoxy) is 1. The summed E-state index contributed by atoms with van der Waals surface area (Å²) in [6, 6.07) is 17.7. The molecule has 0 radical (unpaired) electrons. The minimum atomic E-state index is -0.715. The molecule has 0 aliphatic carbocycles. The number of anilines is 1. The van der Waals surface area contributed by atoms with Gasteiger partial charge >= 0.3 is 0 Å². The number of non-ortho nitro benzene ring substituents is 1. The van der Waals surface area contributed by atoms with E-state index < -0.39 is 10.5 Å². The first-order valence-electron chi connectivity index (χ1n) is 11.6. The first-order chi connectivity index (χ1) is 17.6. The van der Waals surface area contributed by atoms with Crippen LogP contribution in [0.5, 0.6) is 5.75 Å². The summed E-state index contributed by atoms with van der Waals surface area (Å²) in [5, 5.41) is 11.4. The molecule has 1 aromatic heterocycles. The lowest BCUT2D eigenvalue weighted by atomic mass is 9.84. The summed E-state index contributed by atoms with van der Waals surface area (Å²) in [6.07, 6.45) is 0. The third-order valence-corrected chi connectivity index (χ3v) is 9.12. The molecule has 0 bridgehead atoms. The Kier molecular flexibility index (Phi) is 6.21. The molecule has 1 aliphatic rings. The van der Waals surface area contributed by atoms with Crippen molar-refractivity contribution in [2.45, 2.75) is 33.2 Å².